The first kappa shape index (κ1) is 15.0. The Morgan fingerprint density at radius 3 is 2.18 bits per heavy atom. The Balaban J connectivity index is 2.29. The summed E-state index contributed by atoms with van der Waals surface area (Å²) < 4.78 is 0. The van der Waals surface area contributed by atoms with Crippen molar-refractivity contribution in [2.45, 2.75) is 51.9 Å². The monoisotopic (exact) mass is 296 g/mol. The van der Waals surface area contributed by atoms with Gasteiger partial charge in [-0.2, -0.15) is 0 Å². The third-order valence-corrected chi connectivity index (χ3v) is 5.30. The standard InChI is InChI=1S/C20H24O2/c1-12-6-8-14(10-16(12)21)20(5)11-19(3,4)15-9-7-13(2)18(22)17(15)20/h6-10,21-22H,11H2,1-5H3. The number of aromatic hydroxyl groups is 2. The van der Waals surface area contributed by atoms with Crippen LogP contribution in [0, 0.1) is 13.8 Å². The first-order valence-electron chi connectivity index (χ1n) is 7.80. The van der Waals surface area contributed by atoms with Crippen LogP contribution in [0.4, 0.5) is 0 Å². The fourth-order valence-electron chi connectivity index (χ4n) is 4.08. The van der Waals surface area contributed by atoms with Crippen LogP contribution >= 0.6 is 0 Å². The molecule has 2 heteroatoms. The van der Waals surface area contributed by atoms with Gasteiger partial charge in [0.15, 0.2) is 0 Å². The maximum absolute atomic E-state index is 10.7. The predicted octanol–water partition coefficient (Wildman–Crippen LogP) is 4.70. The molecule has 0 aromatic heterocycles. The summed E-state index contributed by atoms with van der Waals surface area (Å²) in [6.45, 7) is 10.5. The maximum Gasteiger partial charge on any atom is 0.122 e. The average molecular weight is 296 g/mol. The molecule has 1 atom stereocenters. The van der Waals surface area contributed by atoms with Crippen LogP contribution in [0.1, 0.15) is 55.0 Å². The summed E-state index contributed by atoms with van der Waals surface area (Å²) in [6.07, 6.45) is 0.912. The Hall–Kier alpha value is -1.96. The molecule has 0 heterocycles. The molecule has 0 bridgehead atoms. The smallest absolute Gasteiger partial charge is 0.122 e. The molecule has 2 aromatic rings. The summed E-state index contributed by atoms with van der Waals surface area (Å²) in [7, 11) is 0. The second-order valence-electron chi connectivity index (χ2n) is 7.55. The van der Waals surface area contributed by atoms with Crippen LogP contribution in [0.15, 0.2) is 30.3 Å². The predicted molar refractivity (Wildman–Crippen MR) is 89.8 cm³/mol. The zero-order valence-corrected chi connectivity index (χ0v) is 14.0. The quantitative estimate of drug-likeness (QED) is 0.800. The van der Waals surface area contributed by atoms with Crippen molar-refractivity contribution in [2.75, 3.05) is 0 Å². The van der Waals surface area contributed by atoms with Gasteiger partial charge in [-0.05, 0) is 54.0 Å². The highest BCUT2D eigenvalue weighted by atomic mass is 16.3. The lowest BCUT2D eigenvalue weighted by atomic mass is 9.74. The van der Waals surface area contributed by atoms with E-state index >= 15 is 0 Å². The van der Waals surface area contributed by atoms with Crippen molar-refractivity contribution in [1.29, 1.82) is 0 Å². The molecular weight excluding hydrogens is 272 g/mol. The summed E-state index contributed by atoms with van der Waals surface area (Å²) in [4.78, 5) is 0. The molecule has 0 radical (unpaired) electrons. The van der Waals surface area contributed by atoms with Gasteiger partial charge in [-0.15, -0.1) is 0 Å². The largest absolute Gasteiger partial charge is 0.508 e. The number of rotatable bonds is 1. The summed E-state index contributed by atoms with van der Waals surface area (Å²) in [5, 5.41) is 20.8. The Labute approximate surface area is 132 Å². The molecule has 2 aromatic carbocycles. The molecule has 0 saturated heterocycles. The molecule has 22 heavy (non-hydrogen) atoms. The molecule has 1 unspecified atom stereocenters. The van der Waals surface area contributed by atoms with Crippen LogP contribution in [0.25, 0.3) is 0 Å². The Morgan fingerprint density at radius 1 is 0.909 bits per heavy atom. The molecule has 0 aliphatic heterocycles. The summed E-state index contributed by atoms with van der Waals surface area (Å²) >= 11 is 0. The highest BCUT2D eigenvalue weighted by Crippen LogP contribution is 2.56. The maximum atomic E-state index is 10.7. The lowest BCUT2D eigenvalue weighted by Crippen LogP contribution is -2.23. The van der Waals surface area contributed by atoms with Crippen LogP contribution in [0.2, 0.25) is 0 Å². The third kappa shape index (κ3) is 1.93. The fourth-order valence-corrected chi connectivity index (χ4v) is 4.08. The van der Waals surface area contributed by atoms with Crippen molar-refractivity contribution in [3.05, 3.63) is 58.1 Å². The molecule has 2 N–H and O–H groups in total. The summed E-state index contributed by atoms with van der Waals surface area (Å²) in [5.41, 5.74) is 4.76. The molecule has 0 amide bonds. The van der Waals surface area contributed by atoms with Crippen LogP contribution in [-0.2, 0) is 10.8 Å². The van der Waals surface area contributed by atoms with E-state index in [0.29, 0.717) is 11.5 Å². The van der Waals surface area contributed by atoms with Gasteiger partial charge in [-0.25, -0.2) is 0 Å². The van der Waals surface area contributed by atoms with E-state index in [1.54, 1.807) is 0 Å². The lowest BCUT2D eigenvalue weighted by molar-refractivity contribution is 0.408. The zero-order chi connectivity index (χ0) is 16.3. The molecule has 3 rings (SSSR count). The molecule has 0 fully saturated rings. The van der Waals surface area contributed by atoms with E-state index in [9.17, 15) is 10.2 Å². The molecule has 1 aliphatic carbocycles. The zero-order valence-electron chi connectivity index (χ0n) is 14.0. The Kier molecular flexibility index (Phi) is 3.07. The second-order valence-corrected chi connectivity index (χ2v) is 7.55. The normalized spacial score (nSPS) is 22.6. The van der Waals surface area contributed by atoms with Gasteiger partial charge >= 0.3 is 0 Å². The van der Waals surface area contributed by atoms with Gasteiger partial charge in [-0.3, -0.25) is 0 Å². The third-order valence-electron chi connectivity index (χ3n) is 5.30. The van der Waals surface area contributed by atoms with Gasteiger partial charge in [0.2, 0.25) is 0 Å². The van der Waals surface area contributed by atoms with Crippen molar-refractivity contribution in [1.82, 2.24) is 0 Å². The number of hydrogen-bond donors (Lipinski definition) is 2. The minimum Gasteiger partial charge on any atom is -0.508 e. The van der Waals surface area contributed by atoms with E-state index < -0.39 is 0 Å². The van der Waals surface area contributed by atoms with Gasteiger partial charge in [0, 0.05) is 11.0 Å². The van der Waals surface area contributed by atoms with Crippen molar-refractivity contribution < 1.29 is 10.2 Å². The van der Waals surface area contributed by atoms with E-state index in [1.807, 2.05) is 32.0 Å². The van der Waals surface area contributed by atoms with Crippen molar-refractivity contribution in [3.63, 3.8) is 0 Å². The lowest BCUT2D eigenvalue weighted by Gasteiger charge is -2.29. The van der Waals surface area contributed by atoms with Crippen molar-refractivity contribution in [2.24, 2.45) is 0 Å². The minimum absolute atomic E-state index is 0.00420. The number of hydrogen-bond acceptors (Lipinski definition) is 2. The number of fused-ring (bicyclic) bond motifs is 1. The Morgan fingerprint density at radius 2 is 1.55 bits per heavy atom. The Bertz CT molecular complexity index is 759. The van der Waals surface area contributed by atoms with E-state index in [1.165, 1.54) is 5.56 Å². The SMILES string of the molecule is Cc1ccc(C2(C)CC(C)(C)c3ccc(C)c(O)c32)cc1O. The molecule has 1 aliphatic rings. The molecular formula is C20H24O2. The number of aryl methyl sites for hydroxylation is 2. The van der Waals surface area contributed by atoms with Crippen LogP contribution in [-0.4, -0.2) is 10.2 Å². The minimum atomic E-state index is -0.292. The first-order valence-corrected chi connectivity index (χ1v) is 7.80. The first-order chi connectivity index (χ1) is 10.2. The second kappa shape index (κ2) is 4.52. The van der Waals surface area contributed by atoms with E-state index in [2.05, 4.69) is 32.9 Å². The number of phenols is 2. The topological polar surface area (TPSA) is 40.5 Å². The molecule has 0 saturated carbocycles. The van der Waals surface area contributed by atoms with Crippen LogP contribution in [0.3, 0.4) is 0 Å². The van der Waals surface area contributed by atoms with Crippen LogP contribution < -0.4 is 0 Å². The molecule has 2 nitrogen and oxygen atoms in total. The number of phenolic OH excluding ortho intramolecular Hbond substituents is 2. The van der Waals surface area contributed by atoms with Gasteiger partial charge < -0.3 is 10.2 Å². The average Bonchev–Trinajstić information content (AvgIpc) is 2.65. The summed E-state index contributed by atoms with van der Waals surface area (Å²) in [5.74, 6) is 0.711. The highest BCUT2D eigenvalue weighted by Gasteiger charge is 2.47. The van der Waals surface area contributed by atoms with Crippen LogP contribution in [0.5, 0.6) is 11.5 Å². The highest BCUT2D eigenvalue weighted by molar-refractivity contribution is 5.60. The van der Waals surface area contributed by atoms with E-state index in [-0.39, 0.29) is 10.8 Å². The van der Waals surface area contributed by atoms with Crippen molar-refractivity contribution >= 4 is 0 Å². The van der Waals surface area contributed by atoms with E-state index in [4.69, 9.17) is 0 Å². The van der Waals surface area contributed by atoms with Gasteiger partial charge in [0.05, 0.1) is 0 Å². The molecule has 116 valence electrons. The molecule has 0 spiro atoms. The van der Waals surface area contributed by atoms with Gasteiger partial charge in [0.1, 0.15) is 11.5 Å². The number of benzene rings is 2. The van der Waals surface area contributed by atoms with Gasteiger partial charge in [-0.1, -0.05) is 45.0 Å². The summed E-state index contributed by atoms with van der Waals surface area (Å²) in [6, 6.07) is 10.0. The fraction of sp³-hybridized carbons (Fsp3) is 0.400. The van der Waals surface area contributed by atoms with Gasteiger partial charge in [0.25, 0.3) is 0 Å². The van der Waals surface area contributed by atoms with E-state index in [0.717, 1.165) is 28.7 Å². The van der Waals surface area contributed by atoms with Crippen molar-refractivity contribution in [3.8, 4) is 11.5 Å².